The molecule has 0 aliphatic carbocycles. The Labute approximate surface area is 117 Å². The average molecular weight is 290 g/mol. The minimum Gasteiger partial charge on any atom is -0.489 e. The van der Waals surface area contributed by atoms with Crippen molar-refractivity contribution in [3.63, 3.8) is 0 Å². The zero-order chi connectivity index (χ0) is 13.4. The SMILES string of the molecule is C=CCCNCC(O)COc1ccc(Cl)cc1Cl. The van der Waals surface area contributed by atoms with Crippen LogP contribution in [0.3, 0.4) is 0 Å². The summed E-state index contributed by atoms with van der Waals surface area (Å²) >= 11 is 11.7. The maximum Gasteiger partial charge on any atom is 0.138 e. The van der Waals surface area contributed by atoms with Gasteiger partial charge >= 0.3 is 0 Å². The Morgan fingerprint density at radius 3 is 2.89 bits per heavy atom. The largest absolute Gasteiger partial charge is 0.489 e. The number of halogens is 2. The van der Waals surface area contributed by atoms with Crippen LogP contribution in [0.5, 0.6) is 5.75 Å². The van der Waals surface area contributed by atoms with Crippen LogP contribution in [-0.4, -0.2) is 30.9 Å². The third-order valence-corrected chi connectivity index (χ3v) is 2.76. The third-order valence-electron chi connectivity index (χ3n) is 2.23. The lowest BCUT2D eigenvalue weighted by atomic mass is 10.3. The zero-order valence-corrected chi connectivity index (χ0v) is 11.5. The van der Waals surface area contributed by atoms with Crippen LogP contribution in [0.4, 0.5) is 0 Å². The van der Waals surface area contributed by atoms with Crippen LogP contribution in [0.15, 0.2) is 30.9 Å². The maximum absolute atomic E-state index is 9.67. The fraction of sp³-hybridized carbons (Fsp3) is 0.385. The second kappa shape index (κ2) is 8.38. The minimum atomic E-state index is -0.582. The van der Waals surface area contributed by atoms with Crippen LogP contribution in [0.2, 0.25) is 10.0 Å². The second-order valence-corrected chi connectivity index (χ2v) is 4.66. The van der Waals surface area contributed by atoms with Gasteiger partial charge in [0.25, 0.3) is 0 Å². The molecule has 18 heavy (non-hydrogen) atoms. The normalized spacial score (nSPS) is 12.2. The number of hydrogen-bond donors (Lipinski definition) is 2. The molecule has 0 saturated heterocycles. The summed E-state index contributed by atoms with van der Waals surface area (Å²) in [5, 5.41) is 13.8. The Kier molecular flexibility index (Phi) is 7.13. The van der Waals surface area contributed by atoms with Crippen LogP contribution in [-0.2, 0) is 0 Å². The summed E-state index contributed by atoms with van der Waals surface area (Å²) in [5.41, 5.74) is 0. The number of aliphatic hydroxyl groups excluding tert-OH is 1. The first kappa shape index (κ1) is 15.3. The predicted octanol–water partition coefficient (Wildman–Crippen LogP) is 2.90. The molecule has 0 aliphatic heterocycles. The van der Waals surface area contributed by atoms with Gasteiger partial charge in [-0.2, -0.15) is 0 Å². The number of nitrogens with one attached hydrogen (secondary N) is 1. The van der Waals surface area contributed by atoms with E-state index in [0.29, 0.717) is 22.3 Å². The van der Waals surface area contributed by atoms with E-state index < -0.39 is 6.10 Å². The van der Waals surface area contributed by atoms with Gasteiger partial charge in [0, 0.05) is 11.6 Å². The topological polar surface area (TPSA) is 41.5 Å². The van der Waals surface area contributed by atoms with Gasteiger partial charge in [0.2, 0.25) is 0 Å². The van der Waals surface area contributed by atoms with Crippen molar-refractivity contribution in [3.8, 4) is 5.75 Å². The highest BCUT2D eigenvalue weighted by Gasteiger charge is 2.07. The zero-order valence-electron chi connectivity index (χ0n) is 10.0. The quantitative estimate of drug-likeness (QED) is 0.571. The highest BCUT2D eigenvalue weighted by molar-refractivity contribution is 6.35. The predicted molar refractivity (Wildman–Crippen MR) is 75.6 cm³/mol. The van der Waals surface area contributed by atoms with Crippen molar-refractivity contribution >= 4 is 23.2 Å². The van der Waals surface area contributed by atoms with Crippen LogP contribution >= 0.6 is 23.2 Å². The van der Waals surface area contributed by atoms with Gasteiger partial charge in [-0.25, -0.2) is 0 Å². The van der Waals surface area contributed by atoms with Gasteiger partial charge < -0.3 is 15.2 Å². The molecule has 0 aromatic heterocycles. The molecule has 1 unspecified atom stereocenters. The highest BCUT2D eigenvalue weighted by atomic mass is 35.5. The van der Waals surface area contributed by atoms with Gasteiger partial charge in [-0.15, -0.1) is 6.58 Å². The monoisotopic (exact) mass is 289 g/mol. The van der Waals surface area contributed by atoms with Crippen molar-refractivity contribution in [1.29, 1.82) is 0 Å². The maximum atomic E-state index is 9.67. The van der Waals surface area contributed by atoms with Crippen LogP contribution in [0.1, 0.15) is 6.42 Å². The lowest BCUT2D eigenvalue weighted by Crippen LogP contribution is -2.31. The summed E-state index contributed by atoms with van der Waals surface area (Å²) in [5.74, 6) is 0.520. The standard InChI is InChI=1S/C13H17Cl2NO2/c1-2-3-6-16-8-11(17)9-18-13-5-4-10(14)7-12(13)15/h2,4-5,7,11,16-17H,1,3,6,8-9H2. The fourth-order valence-electron chi connectivity index (χ4n) is 1.31. The summed E-state index contributed by atoms with van der Waals surface area (Å²) < 4.78 is 5.41. The summed E-state index contributed by atoms with van der Waals surface area (Å²) in [6.07, 6.45) is 2.11. The third kappa shape index (κ3) is 5.74. The van der Waals surface area contributed by atoms with E-state index in [0.717, 1.165) is 13.0 Å². The van der Waals surface area contributed by atoms with Crippen LogP contribution < -0.4 is 10.1 Å². The van der Waals surface area contributed by atoms with Crippen molar-refractivity contribution in [2.75, 3.05) is 19.7 Å². The van der Waals surface area contributed by atoms with Gasteiger partial charge in [0.15, 0.2) is 0 Å². The van der Waals surface area contributed by atoms with Crippen LogP contribution in [0, 0.1) is 0 Å². The Balaban J connectivity index is 2.29. The van der Waals surface area contributed by atoms with E-state index in [2.05, 4.69) is 11.9 Å². The summed E-state index contributed by atoms with van der Waals surface area (Å²) in [7, 11) is 0. The van der Waals surface area contributed by atoms with Crippen LogP contribution in [0.25, 0.3) is 0 Å². The Morgan fingerprint density at radius 2 is 2.22 bits per heavy atom. The highest BCUT2D eigenvalue weighted by Crippen LogP contribution is 2.27. The Morgan fingerprint density at radius 1 is 1.44 bits per heavy atom. The molecule has 0 radical (unpaired) electrons. The summed E-state index contributed by atoms with van der Waals surface area (Å²) in [6, 6.07) is 4.98. The van der Waals surface area contributed by atoms with Crippen molar-refractivity contribution in [2.24, 2.45) is 0 Å². The molecule has 1 atom stereocenters. The molecular formula is C13H17Cl2NO2. The van der Waals surface area contributed by atoms with Gasteiger partial charge in [0.05, 0.1) is 5.02 Å². The number of aliphatic hydroxyl groups is 1. The van der Waals surface area contributed by atoms with Gasteiger partial charge in [0.1, 0.15) is 18.5 Å². The Hall–Kier alpha value is -0.740. The van der Waals surface area contributed by atoms with E-state index in [1.807, 2.05) is 6.08 Å². The second-order valence-electron chi connectivity index (χ2n) is 3.82. The van der Waals surface area contributed by atoms with E-state index in [-0.39, 0.29) is 6.61 Å². The summed E-state index contributed by atoms with van der Waals surface area (Å²) in [6.45, 7) is 5.07. The molecule has 0 saturated carbocycles. The molecule has 1 aromatic rings. The van der Waals surface area contributed by atoms with E-state index >= 15 is 0 Å². The molecule has 100 valence electrons. The van der Waals surface area contributed by atoms with Gasteiger partial charge in [-0.1, -0.05) is 29.3 Å². The van der Waals surface area contributed by atoms with Gasteiger partial charge in [-0.05, 0) is 31.2 Å². The van der Waals surface area contributed by atoms with Gasteiger partial charge in [-0.3, -0.25) is 0 Å². The minimum absolute atomic E-state index is 0.183. The van der Waals surface area contributed by atoms with Crippen molar-refractivity contribution in [2.45, 2.75) is 12.5 Å². The smallest absolute Gasteiger partial charge is 0.138 e. The fourth-order valence-corrected chi connectivity index (χ4v) is 1.77. The average Bonchev–Trinajstić information content (AvgIpc) is 2.33. The molecule has 3 nitrogen and oxygen atoms in total. The van der Waals surface area contributed by atoms with Crippen molar-refractivity contribution in [1.82, 2.24) is 5.32 Å². The molecule has 0 aliphatic rings. The molecule has 5 heteroatoms. The van der Waals surface area contributed by atoms with Crippen molar-refractivity contribution < 1.29 is 9.84 Å². The molecule has 0 fully saturated rings. The molecule has 0 amide bonds. The lowest BCUT2D eigenvalue weighted by Gasteiger charge is -2.13. The lowest BCUT2D eigenvalue weighted by molar-refractivity contribution is 0.107. The van der Waals surface area contributed by atoms with Crippen molar-refractivity contribution in [3.05, 3.63) is 40.9 Å². The molecule has 1 rings (SSSR count). The number of benzene rings is 1. The summed E-state index contributed by atoms with van der Waals surface area (Å²) in [4.78, 5) is 0. The first-order chi connectivity index (χ1) is 8.63. The van der Waals surface area contributed by atoms with E-state index in [4.69, 9.17) is 27.9 Å². The number of ether oxygens (including phenoxy) is 1. The van der Waals surface area contributed by atoms with E-state index in [1.165, 1.54) is 0 Å². The molecule has 2 N–H and O–H groups in total. The molecule has 0 bridgehead atoms. The Bertz CT molecular complexity index is 385. The number of hydrogen-bond acceptors (Lipinski definition) is 3. The van der Waals surface area contributed by atoms with E-state index in [1.54, 1.807) is 18.2 Å². The molecule has 0 heterocycles. The first-order valence-electron chi connectivity index (χ1n) is 5.71. The molecule has 1 aromatic carbocycles. The number of rotatable bonds is 8. The first-order valence-corrected chi connectivity index (χ1v) is 6.46. The molecule has 0 spiro atoms. The molecular weight excluding hydrogens is 273 g/mol. The van der Waals surface area contributed by atoms with E-state index in [9.17, 15) is 5.11 Å².